The Morgan fingerprint density at radius 3 is 2.95 bits per heavy atom. The van der Waals surface area contributed by atoms with Crippen LogP contribution in [0.3, 0.4) is 0 Å². The summed E-state index contributed by atoms with van der Waals surface area (Å²) >= 11 is 0. The number of carbonyl (C=O) groups excluding carboxylic acids is 1. The first-order valence-electron chi connectivity index (χ1n) is 6.36. The van der Waals surface area contributed by atoms with E-state index in [0.717, 1.165) is 25.3 Å². The first-order valence-corrected chi connectivity index (χ1v) is 6.36. The van der Waals surface area contributed by atoms with Crippen molar-refractivity contribution in [3.8, 4) is 5.75 Å². The highest BCUT2D eigenvalue weighted by Crippen LogP contribution is 2.22. The molecule has 0 bridgehead atoms. The lowest BCUT2D eigenvalue weighted by molar-refractivity contribution is 0.0428. The molecule has 102 valence electrons. The molecule has 2 rings (SSSR count). The van der Waals surface area contributed by atoms with Crippen LogP contribution >= 0.6 is 0 Å². The molecule has 1 aliphatic carbocycles. The monoisotopic (exact) mass is 264 g/mol. The van der Waals surface area contributed by atoms with Crippen LogP contribution in [-0.4, -0.2) is 19.7 Å². The second kappa shape index (κ2) is 6.36. The molecule has 0 fully saturated rings. The second-order valence-corrected chi connectivity index (χ2v) is 4.59. The van der Waals surface area contributed by atoms with Crippen LogP contribution in [0.5, 0.6) is 5.75 Å². The van der Waals surface area contributed by atoms with Crippen LogP contribution in [0.15, 0.2) is 30.4 Å². The largest absolute Gasteiger partial charge is 0.496 e. The zero-order chi connectivity index (χ0) is 13.7. The van der Waals surface area contributed by atoms with Gasteiger partial charge in [-0.2, -0.15) is 0 Å². The predicted octanol–water partition coefficient (Wildman–Crippen LogP) is 3.35. The van der Waals surface area contributed by atoms with Crippen molar-refractivity contribution in [1.29, 1.82) is 0 Å². The molecule has 0 heterocycles. The van der Waals surface area contributed by atoms with Gasteiger partial charge in [0.2, 0.25) is 0 Å². The van der Waals surface area contributed by atoms with Gasteiger partial charge < -0.3 is 9.47 Å². The lowest BCUT2D eigenvalue weighted by atomic mass is 9.95. The van der Waals surface area contributed by atoms with E-state index in [2.05, 4.69) is 12.2 Å². The number of carbonyl (C=O) groups is 1. The predicted molar refractivity (Wildman–Crippen MR) is 69.7 cm³/mol. The third-order valence-electron chi connectivity index (χ3n) is 3.21. The van der Waals surface area contributed by atoms with E-state index in [1.54, 1.807) is 0 Å². The fraction of sp³-hybridized carbons (Fsp3) is 0.400. The standard InChI is InChI=1S/C15H17FO3/c1-18-14-8-7-12(16)9-13(14)15(17)19-10-11-5-3-2-4-6-11/h2-3,7-9,11H,4-6,10H2,1H3. The van der Waals surface area contributed by atoms with Gasteiger partial charge in [-0.3, -0.25) is 0 Å². The van der Waals surface area contributed by atoms with Crippen molar-refractivity contribution in [1.82, 2.24) is 0 Å². The molecule has 0 spiro atoms. The quantitative estimate of drug-likeness (QED) is 0.618. The van der Waals surface area contributed by atoms with Crippen LogP contribution in [0.2, 0.25) is 0 Å². The highest BCUT2D eigenvalue weighted by molar-refractivity contribution is 5.92. The van der Waals surface area contributed by atoms with E-state index >= 15 is 0 Å². The summed E-state index contributed by atoms with van der Waals surface area (Å²) in [6.07, 6.45) is 7.20. The molecule has 1 aromatic rings. The molecule has 0 saturated heterocycles. The van der Waals surface area contributed by atoms with E-state index in [1.165, 1.54) is 19.2 Å². The number of allylic oxidation sites excluding steroid dienone is 2. The topological polar surface area (TPSA) is 35.5 Å². The van der Waals surface area contributed by atoms with Crippen molar-refractivity contribution in [2.24, 2.45) is 5.92 Å². The maximum atomic E-state index is 13.2. The molecule has 3 nitrogen and oxygen atoms in total. The molecule has 0 N–H and O–H groups in total. The number of halogens is 1. The molecule has 0 aliphatic heterocycles. The lowest BCUT2D eigenvalue weighted by Crippen LogP contribution is -2.16. The smallest absolute Gasteiger partial charge is 0.342 e. The summed E-state index contributed by atoms with van der Waals surface area (Å²) in [5.74, 6) is -0.331. The Morgan fingerprint density at radius 2 is 2.26 bits per heavy atom. The molecule has 0 saturated carbocycles. The molecule has 1 unspecified atom stereocenters. The van der Waals surface area contributed by atoms with E-state index in [9.17, 15) is 9.18 Å². The summed E-state index contributed by atoms with van der Waals surface area (Å²) in [6.45, 7) is 0.364. The van der Waals surface area contributed by atoms with Gasteiger partial charge in [-0.25, -0.2) is 9.18 Å². The van der Waals surface area contributed by atoms with Gasteiger partial charge in [0, 0.05) is 0 Å². The number of ether oxygens (including phenoxy) is 2. The minimum absolute atomic E-state index is 0.133. The maximum absolute atomic E-state index is 13.2. The molecule has 1 atom stereocenters. The number of rotatable bonds is 4. The lowest BCUT2D eigenvalue weighted by Gasteiger charge is -2.17. The summed E-state index contributed by atoms with van der Waals surface area (Å²) in [7, 11) is 1.44. The van der Waals surface area contributed by atoms with Crippen LogP contribution in [0.25, 0.3) is 0 Å². The minimum atomic E-state index is -0.536. The average Bonchev–Trinajstić information content (AvgIpc) is 2.46. The fourth-order valence-corrected chi connectivity index (χ4v) is 2.12. The summed E-state index contributed by atoms with van der Waals surface area (Å²) in [6, 6.07) is 3.82. The van der Waals surface area contributed by atoms with Crippen LogP contribution in [0.4, 0.5) is 4.39 Å². The van der Waals surface area contributed by atoms with Gasteiger partial charge in [-0.1, -0.05) is 12.2 Å². The summed E-state index contributed by atoms with van der Waals surface area (Å²) in [4.78, 5) is 11.9. The Balaban J connectivity index is 1.99. The zero-order valence-corrected chi connectivity index (χ0v) is 10.9. The zero-order valence-electron chi connectivity index (χ0n) is 10.9. The van der Waals surface area contributed by atoms with E-state index < -0.39 is 11.8 Å². The van der Waals surface area contributed by atoms with Gasteiger partial charge in [0.25, 0.3) is 0 Å². The number of benzene rings is 1. The molecule has 19 heavy (non-hydrogen) atoms. The van der Waals surface area contributed by atoms with Crippen molar-refractivity contribution in [2.75, 3.05) is 13.7 Å². The molecule has 0 radical (unpaired) electrons. The Labute approximate surface area is 112 Å². The van der Waals surface area contributed by atoms with Crippen LogP contribution in [-0.2, 0) is 4.74 Å². The van der Waals surface area contributed by atoms with Gasteiger partial charge in [0.05, 0.1) is 13.7 Å². The molecule has 1 aliphatic rings. The molecule has 4 heteroatoms. The number of hydrogen-bond donors (Lipinski definition) is 0. The van der Waals surface area contributed by atoms with Gasteiger partial charge in [-0.05, 0) is 43.4 Å². The molecular weight excluding hydrogens is 247 g/mol. The first-order chi connectivity index (χ1) is 9.20. The van der Waals surface area contributed by atoms with Gasteiger partial charge in [0.15, 0.2) is 0 Å². The molecule has 0 aromatic heterocycles. The normalized spacial score (nSPS) is 18.1. The summed E-state index contributed by atoms with van der Waals surface area (Å²) in [5.41, 5.74) is 0.133. The van der Waals surface area contributed by atoms with Crippen molar-refractivity contribution in [3.63, 3.8) is 0 Å². The van der Waals surface area contributed by atoms with Crippen LogP contribution in [0, 0.1) is 11.7 Å². The number of methoxy groups -OCH3 is 1. The molecule has 1 aromatic carbocycles. The van der Waals surface area contributed by atoms with Crippen molar-refractivity contribution >= 4 is 5.97 Å². The fourth-order valence-electron chi connectivity index (χ4n) is 2.12. The SMILES string of the molecule is COc1ccc(F)cc1C(=O)OCC1CC=CCC1. The highest BCUT2D eigenvalue weighted by atomic mass is 19.1. The summed E-state index contributed by atoms with van der Waals surface area (Å²) in [5, 5.41) is 0. The summed E-state index contributed by atoms with van der Waals surface area (Å²) < 4.78 is 23.4. The average molecular weight is 264 g/mol. The van der Waals surface area contributed by atoms with E-state index in [4.69, 9.17) is 9.47 Å². The van der Waals surface area contributed by atoms with Crippen molar-refractivity contribution < 1.29 is 18.7 Å². The Morgan fingerprint density at radius 1 is 1.42 bits per heavy atom. The molecule has 0 amide bonds. The van der Waals surface area contributed by atoms with Crippen molar-refractivity contribution in [2.45, 2.75) is 19.3 Å². The number of esters is 1. The van der Waals surface area contributed by atoms with Crippen molar-refractivity contribution in [3.05, 3.63) is 41.7 Å². The third kappa shape index (κ3) is 3.56. The Hall–Kier alpha value is -1.84. The highest BCUT2D eigenvalue weighted by Gasteiger charge is 2.17. The van der Waals surface area contributed by atoms with Gasteiger partial charge >= 0.3 is 5.97 Å². The Kier molecular flexibility index (Phi) is 4.55. The molecular formula is C15H17FO3. The number of hydrogen-bond acceptors (Lipinski definition) is 3. The minimum Gasteiger partial charge on any atom is -0.496 e. The van der Waals surface area contributed by atoms with E-state index in [-0.39, 0.29) is 5.56 Å². The van der Waals surface area contributed by atoms with Gasteiger partial charge in [-0.15, -0.1) is 0 Å². The first kappa shape index (κ1) is 13.6. The second-order valence-electron chi connectivity index (χ2n) is 4.59. The van der Waals surface area contributed by atoms with Crippen LogP contribution in [0.1, 0.15) is 29.6 Å². The van der Waals surface area contributed by atoms with Crippen LogP contribution < -0.4 is 4.74 Å². The Bertz CT molecular complexity index is 482. The van der Waals surface area contributed by atoms with E-state index in [1.807, 2.05) is 0 Å². The third-order valence-corrected chi connectivity index (χ3v) is 3.21. The van der Waals surface area contributed by atoms with Gasteiger partial charge in [0.1, 0.15) is 17.1 Å². The van der Waals surface area contributed by atoms with E-state index in [0.29, 0.717) is 18.3 Å². The maximum Gasteiger partial charge on any atom is 0.342 e.